The van der Waals surface area contributed by atoms with Gasteiger partial charge in [-0.3, -0.25) is 0 Å². The number of nitrogens with zero attached hydrogens (tertiary/aromatic N) is 1. The summed E-state index contributed by atoms with van der Waals surface area (Å²) in [5.41, 5.74) is 1.74. The summed E-state index contributed by atoms with van der Waals surface area (Å²) >= 11 is 1.45. The molecule has 6 nitrogen and oxygen atoms in total. The van der Waals surface area contributed by atoms with Gasteiger partial charge < -0.3 is 10.3 Å². The van der Waals surface area contributed by atoms with Crippen molar-refractivity contribution in [3.05, 3.63) is 34.0 Å². The summed E-state index contributed by atoms with van der Waals surface area (Å²) in [7, 11) is -3.54. The fourth-order valence-corrected chi connectivity index (χ4v) is 3.96. The highest BCUT2D eigenvalue weighted by Gasteiger charge is 2.21. The average Bonchev–Trinajstić information content (AvgIpc) is 3.05. The van der Waals surface area contributed by atoms with E-state index in [4.69, 9.17) is 0 Å². The molecule has 0 aliphatic rings. The Morgan fingerprint density at radius 1 is 1.48 bits per heavy atom. The van der Waals surface area contributed by atoms with E-state index in [9.17, 15) is 8.42 Å². The molecule has 2 heterocycles. The Hall–Kier alpha value is -1.22. The number of aromatic nitrogens is 2. The molecule has 0 spiro atoms. The summed E-state index contributed by atoms with van der Waals surface area (Å²) in [5, 5.41) is 5.81. The zero-order valence-electron chi connectivity index (χ0n) is 12.3. The van der Waals surface area contributed by atoms with Gasteiger partial charge in [0.15, 0.2) is 0 Å². The van der Waals surface area contributed by atoms with Gasteiger partial charge in [0.1, 0.15) is 5.01 Å². The predicted octanol–water partition coefficient (Wildman–Crippen LogP) is 1.93. The van der Waals surface area contributed by atoms with Crippen LogP contribution in [0.1, 0.15) is 36.3 Å². The first-order chi connectivity index (χ1) is 9.92. The second kappa shape index (κ2) is 6.69. The molecule has 0 saturated heterocycles. The Labute approximate surface area is 129 Å². The van der Waals surface area contributed by atoms with Crippen LogP contribution in [0.25, 0.3) is 0 Å². The molecular formula is C13H20N4O2S2. The maximum Gasteiger partial charge on any atom is 0.242 e. The molecule has 2 rings (SSSR count). The largest absolute Gasteiger partial charge is 0.363 e. The van der Waals surface area contributed by atoms with Crippen LogP contribution in [0.15, 0.2) is 22.5 Å². The highest BCUT2D eigenvalue weighted by molar-refractivity contribution is 7.89. The van der Waals surface area contributed by atoms with Crippen molar-refractivity contribution in [1.29, 1.82) is 0 Å². The van der Waals surface area contributed by atoms with Crippen molar-refractivity contribution in [3.8, 4) is 0 Å². The minimum absolute atomic E-state index is 0.246. The number of aryl methyl sites for hydroxylation is 1. The van der Waals surface area contributed by atoms with Crippen LogP contribution in [0.3, 0.4) is 0 Å². The van der Waals surface area contributed by atoms with Crippen LogP contribution in [0, 0.1) is 6.92 Å². The van der Waals surface area contributed by atoms with Gasteiger partial charge in [0.2, 0.25) is 10.0 Å². The minimum Gasteiger partial charge on any atom is -0.363 e. The van der Waals surface area contributed by atoms with Crippen LogP contribution in [0.2, 0.25) is 0 Å². The second-order valence-electron chi connectivity index (χ2n) is 4.81. The third-order valence-corrected chi connectivity index (χ3v) is 5.60. The molecule has 2 aromatic rings. The van der Waals surface area contributed by atoms with Crippen molar-refractivity contribution < 1.29 is 8.42 Å². The maximum absolute atomic E-state index is 12.3. The zero-order chi connectivity index (χ0) is 15.5. The summed E-state index contributed by atoms with van der Waals surface area (Å²) in [6.45, 7) is 7.13. The monoisotopic (exact) mass is 328 g/mol. The van der Waals surface area contributed by atoms with Gasteiger partial charge in [0, 0.05) is 29.5 Å². The van der Waals surface area contributed by atoms with E-state index < -0.39 is 10.0 Å². The van der Waals surface area contributed by atoms with Crippen LogP contribution in [-0.4, -0.2) is 24.9 Å². The molecule has 0 aromatic carbocycles. The normalized spacial score (nSPS) is 13.5. The Kier molecular flexibility index (Phi) is 5.15. The van der Waals surface area contributed by atoms with Crippen LogP contribution >= 0.6 is 11.3 Å². The van der Waals surface area contributed by atoms with Crippen LogP contribution in [-0.2, 0) is 16.6 Å². The number of hydrogen-bond donors (Lipinski definition) is 3. The van der Waals surface area contributed by atoms with Crippen molar-refractivity contribution in [3.63, 3.8) is 0 Å². The lowest BCUT2D eigenvalue weighted by Crippen LogP contribution is -2.26. The van der Waals surface area contributed by atoms with Gasteiger partial charge in [-0.05, 0) is 26.5 Å². The maximum atomic E-state index is 12.3. The lowest BCUT2D eigenvalue weighted by Gasteiger charge is -2.10. The van der Waals surface area contributed by atoms with Crippen LogP contribution < -0.4 is 10.0 Å². The fraction of sp³-hybridized carbons (Fsp3) is 0.462. The summed E-state index contributed by atoms with van der Waals surface area (Å²) in [5.74, 6) is 0. The van der Waals surface area contributed by atoms with Crippen molar-refractivity contribution >= 4 is 21.4 Å². The van der Waals surface area contributed by atoms with Crippen molar-refractivity contribution in [2.75, 3.05) is 6.54 Å². The van der Waals surface area contributed by atoms with E-state index in [1.54, 1.807) is 13.0 Å². The first-order valence-corrected chi connectivity index (χ1v) is 9.11. The Morgan fingerprint density at radius 3 is 2.86 bits per heavy atom. The van der Waals surface area contributed by atoms with Gasteiger partial charge in [0.05, 0.1) is 10.9 Å². The predicted molar refractivity (Wildman–Crippen MR) is 83.8 cm³/mol. The molecule has 0 saturated carbocycles. The van der Waals surface area contributed by atoms with Gasteiger partial charge in [0.25, 0.3) is 0 Å². The first-order valence-electron chi connectivity index (χ1n) is 6.74. The third kappa shape index (κ3) is 4.13. The smallest absolute Gasteiger partial charge is 0.242 e. The number of H-pyrrole nitrogens is 1. The quantitative estimate of drug-likeness (QED) is 0.725. The molecule has 0 amide bonds. The first kappa shape index (κ1) is 16.2. The molecule has 0 fully saturated rings. The van der Waals surface area contributed by atoms with Crippen molar-refractivity contribution in [2.24, 2.45) is 0 Å². The summed E-state index contributed by atoms with van der Waals surface area (Å²) in [6, 6.07) is 1.30. The third-order valence-electron chi connectivity index (χ3n) is 2.93. The summed E-state index contributed by atoms with van der Waals surface area (Å²) in [4.78, 5) is 7.52. The van der Waals surface area contributed by atoms with Gasteiger partial charge in [-0.25, -0.2) is 18.1 Å². The second-order valence-corrected chi connectivity index (χ2v) is 7.41. The summed E-state index contributed by atoms with van der Waals surface area (Å²) in [6.07, 6.45) is 1.51. The molecule has 21 heavy (non-hydrogen) atoms. The SMILES string of the molecule is CCNCc1cc(S(=O)(=O)NC(C)c2nc(C)cs2)c[nH]1. The summed E-state index contributed by atoms with van der Waals surface area (Å²) < 4.78 is 27.3. The Balaban J connectivity index is 2.09. The highest BCUT2D eigenvalue weighted by Crippen LogP contribution is 2.20. The lowest BCUT2D eigenvalue weighted by atomic mass is 10.4. The standard InChI is InChI=1S/C13H20N4O2S2/c1-4-14-6-11-5-12(7-15-11)21(18,19)17-10(3)13-16-9(2)8-20-13/h5,7-8,10,14-15,17H,4,6H2,1-3H3. The topological polar surface area (TPSA) is 86.9 Å². The molecular weight excluding hydrogens is 308 g/mol. The number of thiazole rings is 1. The number of nitrogens with one attached hydrogen (secondary N) is 3. The van der Waals surface area contributed by atoms with Gasteiger partial charge in [-0.15, -0.1) is 11.3 Å². The molecule has 3 N–H and O–H groups in total. The molecule has 2 aromatic heterocycles. The van der Waals surface area contributed by atoms with Crippen molar-refractivity contribution in [1.82, 2.24) is 20.0 Å². The molecule has 0 aliphatic carbocycles. The number of sulfonamides is 1. The highest BCUT2D eigenvalue weighted by atomic mass is 32.2. The van der Waals surface area contributed by atoms with Gasteiger partial charge in [-0.2, -0.15) is 0 Å². The minimum atomic E-state index is -3.54. The van der Waals surface area contributed by atoms with Crippen LogP contribution in [0.4, 0.5) is 0 Å². The molecule has 1 unspecified atom stereocenters. The van der Waals surface area contributed by atoms with E-state index in [0.29, 0.717) is 6.54 Å². The molecule has 0 bridgehead atoms. The number of rotatable bonds is 7. The van der Waals surface area contributed by atoms with E-state index in [-0.39, 0.29) is 10.9 Å². The zero-order valence-corrected chi connectivity index (χ0v) is 13.9. The van der Waals surface area contributed by atoms with E-state index >= 15 is 0 Å². The van der Waals surface area contributed by atoms with Crippen LogP contribution in [0.5, 0.6) is 0 Å². The molecule has 0 radical (unpaired) electrons. The van der Waals surface area contributed by atoms with E-state index in [0.717, 1.165) is 22.9 Å². The van der Waals surface area contributed by atoms with Gasteiger partial charge >= 0.3 is 0 Å². The van der Waals surface area contributed by atoms with E-state index in [1.807, 2.05) is 19.2 Å². The van der Waals surface area contributed by atoms with Gasteiger partial charge in [-0.1, -0.05) is 6.92 Å². The molecule has 1 atom stereocenters. The Bertz CT molecular complexity index is 691. The molecule has 0 aliphatic heterocycles. The van der Waals surface area contributed by atoms with E-state index in [2.05, 4.69) is 20.0 Å². The lowest BCUT2D eigenvalue weighted by molar-refractivity contribution is 0.566. The Morgan fingerprint density at radius 2 is 2.24 bits per heavy atom. The number of hydrogen-bond acceptors (Lipinski definition) is 5. The molecule has 8 heteroatoms. The fourth-order valence-electron chi connectivity index (χ4n) is 1.86. The number of aromatic amines is 1. The van der Waals surface area contributed by atoms with E-state index in [1.165, 1.54) is 17.5 Å². The average molecular weight is 328 g/mol. The molecule has 116 valence electrons. The van der Waals surface area contributed by atoms with Crippen molar-refractivity contribution in [2.45, 2.75) is 38.3 Å².